The van der Waals surface area contributed by atoms with Crippen LogP contribution in [0.5, 0.6) is 0 Å². The zero-order chi connectivity index (χ0) is 16.4. The third-order valence-corrected chi connectivity index (χ3v) is 5.31. The number of carbonyl (C=O) groups is 1. The van der Waals surface area contributed by atoms with Crippen LogP contribution in [0.2, 0.25) is 0 Å². The molecule has 0 bridgehead atoms. The molecule has 2 aromatic heterocycles. The Morgan fingerprint density at radius 2 is 1.96 bits per heavy atom. The zero-order valence-corrected chi connectivity index (χ0v) is 13.8. The van der Waals surface area contributed by atoms with Gasteiger partial charge >= 0.3 is 0 Å². The van der Waals surface area contributed by atoms with Crippen molar-refractivity contribution in [2.75, 3.05) is 0 Å². The number of nitrogens with one attached hydrogen (secondary N) is 1. The SMILES string of the molecule is Cn1cc(C(=O)NS(=O)(=O)c2ccsc2)c(-c2ccccc2)n1. The van der Waals surface area contributed by atoms with E-state index in [0.29, 0.717) is 5.69 Å². The molecule has 118 valence electrons. The number of aromatic nitrogens is 2. The molecule has 0 saturated heterocycles. The molecule has 8 heteroatoms. The van der Waals surface area contributed by atoms with E-state index in [9.17, 15) is 13.2 Å². The Labute approximate surface area is 137 Å². The van der Waals surface area contributed by atoms with E-state index in [-0.39, 0.29) is 10.5 Å². The van der Waals surface area contributed by atoms with Crippen LogP contribution in [0.25, 0.3) is 11.3 Å². The highest BCUT2D eigenvalue weighted by Crippen LogP contribution is 2.22. The number of nitrogens with zero attached hydrogens (tertiary/aromatic N) is 2. The molecule has 0 radical (unpaired) electrons. The maximum Gasteiger partial charge on any atom is 0.268 e. The summed E-state index contributed by atoms with van der Waals surface area (Å²) in [5, 5.41) is 7.36. The molecule has 0 aliphatic heterocycles. The summed E-state index contributed by atoms with van der Waals surface area (Å²) in [4.78, 5) is 12.5. The van der Waals surface area contributed by atoms with E-state index < -0.39 is 15.9 Å². The van der Waals surface area contributed by atoms with Crippen LogP contribution in [0.1, 0.15) is 10.4 Å². The van der Waals surface area contributed by atoms with Crippen molar-refractivity contribution in [1.29, 1.82) is 0 Å². The van der Waals surface area contributed by atoms with Crippen LogP contribution in [0.4, 0.5) is 0 Å². The highest BCUT2D eigenvalue weighted by molar-refractivity contribution is 7.90. The maximum absolute atomic E-state index is 12.4. The third-order valence-electron chi connectivity index (χ3n) is 3.15. The van der Waals surface area contributed by atoms with E-state index in [0.717, 1.165) is 5.56 Å². The minimum Gasteiger partial charge on any atom is -0.274 e. The quantitative estimate of drug-likeness (QED) is 0.785. The molecule has 0 saturated carbocycles. The summed E-state index contributed by atoms with van der Waals surface area (Å²) in [5.74, 6) is -0.705. The van der Waals surface area contributed by atoms with Gasteiger partial charge in [0.15, 0.2) is 0 Å². The first-order valence-electron chi connectivity index (χ1n) is 6.66. The molecule has 0 unspecified atom stereocenters. The first-order chi connectivity index (χ1) is 11.0. The van der Waals surface area contributed by atoms with E-state index in [1.54, 1.807) is 12.4 Å². The molecule has 0 fully saturated rings. The van der Waals surface area contributed by atoms with Crippen molar-refractivity contribution in [3.8, 4) is 11.3 Å². The van der Waals surface area contributed by atoms with E-state index in [2.05, 4.69) is 9.82 Å². The standard InChI is InChI=1S/C15H13N3O3S2/c1-18-9-13(14(16-18)11-5-3-2-4-6-11)15(19)17-23(20,21)12-7-8-22-10-12/h2-10H,1H3,(H,17,19). The summed E-state index contributed by atoms with van der Waals surface area (Å²) in [5.41, 5.74) is 1.38. The molecular weight excluding hydrogens is 334 g/mol. The van der Waals surface area contributed by atoms with E-state index in [1.165, 1.54) is 33.7 Å². The fourth-order valence-electron chi connectivity index (χ4n) is 2.10. The van der Waals surface area contributed by atoms with Crippen LogP contribution in [-0.2, 0) is 17.1 Å². The number of carbonyl (C=O) groups excluding carboxylic acids is 1. The summed E-state index contributed by atoms with van der Waals surface area (Å²) in [6.07, 6.45) is 1.50. The number of hydrogen-bond donors (Lipinski definition) is 1. The summed E-state index contributed by atoms with van der Waals surface area (Å²) in [7, 11) is -2.20. The number of sulfonamides is 1. The number of amides is 1. The number of benzene rings is 1. The van der Waals surface area contributed by atoms with Gasteiger partial charge in [-0.1, -0.05) is 30.3 Å². The Hall–Kier alpha value is -2.45. The molecule has 0 aliphatic carbocycles. The van der Waals surface area contributed by atoms with Gasteiger partial charge in [0.1, 0.15) is 5.69 Å². The molecule has 0 atom stereocenters. The molecule has 1 amide bonds. The lowest BCUT2D eigenvalue weighted by Crippen LogP contribution is -2.30. The Balaban J connectivity index is 1.95. The molecule has 23 heavy (non-hydrogen) atoms. The smallest absolute Gasteiger partial charge is 0.268 e. The second-order valence-electron chi connectivity index (χ2n) is 4.82. The molecule has 1 aromatic carbocycles. The first kappa shape index (κ1) is 15.4. The van der Waals surface area contributed by atoms with Crippen molar-refractivity contribution >= 4 is 27.3 Å². The van der Waals surface area contributed by atoms with Gasteiger partial charge in [-0.2, -0.15) is 16.4 Å². The summed E-state index contributed by atoms with van der Waals surface area (Å²) in [6.45, 7) is 0. The molecule has 3 rings (SSSR count). The molecule has 0 spiro atoms. The van der Waals surface area contributed by atoms with Crippen molar-refractivity contribution in [3.63, 3.8) is 0 Å². The fraction of sp³-hybridized carbons (Fsp3) is 0.0667. The van der Waals surface area contributed by atoms with Gasteiger partial charge in [0.2, 0.25) is 0 Å². The highest BCUT2D eigenvalue weighted by Gasteiger charge is 2.23. The molecule has 2 heterocycles. The lowest BCUT2D eigenvalue weighted by Gasteiger charge is -2.05. The Bertz CT molecular complexity index is 930. The van der Waals surface area contributed by atoms with Gasteiger partial charge < -0.3 is 0 Å². The van der Waals surface area contributed by atoms with Crippen molar-refractivity contribution in [1.82, 2.24) is 14.5 Å². The number of thiophene rings is 1. The second-order valence-corrected chi connectivity index (χ2v) is 7.29. The highest BCUT2D eigenvalue weighted by atomic mass is 32.2. The van der Waals surface area contributed by atoms with Crippen LogP contribution >= 0.6 is 11.3 Å². The monoisotopic (exact) mass is 347 g/mol. The zero-order valence-electron chi connectivity index (χ0n) is 12.1. The van der Waals surface area contributed by atoms with Crippen LogP contribution in [-0.4, -0.2) is 24.1 Å². The minimum absolute atomic E-state index is 0.0704. The number of aryl methyl sites for hydroxylation is 1. The van der Waals surface area contributed by atoms with E-state index >= 15 is 0 Å². The van der Waals surface area contributed by atoms with Crippen molar-refractivity contribution in [2.45, 2.75) is 4.90 Å². The van der Waals surface area contributed by atoms with Crippen molar-refractivity contribution in [3.05, 3.63) is 58.9 Å². The molecular formula is C15H13N3O3S2. The largest absolute Gasteiger partial charge is 0.274 e. The fourth-order valence-corrected chi connectivity index (χ4v) is 4.10. The predicted octanol–water partition coefficient (Wildman–Crippen LogP) is 2.27. The average molecular weight is 347 g/mol. The maximum atomic E-state index is 12.4. The van der Waals surface area contributed by atoms with Crippen molar-refractivity contribution in [2.24, 2.45) is 7.05 Å². The normalized spacial score (nSPS) is 11.3. The van der Waals surface area contributed by atoms with Crippen LogP contribution in [0.3, 0.4) is 0 Å². The molecule has 1 N–H and O–H groups in total. The van der Waals surface area contributed by atoms with Crippen LogP contribution in [0.15, 0.2) is 58.3 Å². The van der Waals surface area contributed by atoms with Gasteiger partial charge in [0.05, 0.1) is 10.5 Å². The minimum atomic E-state index is -3.88. The van der Waals surface area contributed by atoms with Crippen molar-refractivity contribution < 1.29 is 13.2 Å². The van der Waals surface area contributed by atoms with Gasteiger partial charge in [-0.15, -0.1) is 0 Å². The predicted molar refractivity (Wildman–Crippen MR) is 87.6 cm³/mol. The average Bonchev–Trinajstić information content (AvgIpc) is 3.17. The lowest BCUT2D eigenvalue weighted by atomic mass is 10.1. The molecule has 6 nitrogen and oxygen atoms in total. The summed E-state index contributed by atoms with van der Waals surface area (Å²) >= 11 is 1.25. The molecule has 0 aliphatic rings. The second kappa shape index (κ2) is 5.98. The summed E-state index contributed by atoms with van der Waals surface area (Å²) < 4.78 is 27.9. The number of hydrogen-bond acceptors (Lipinski definition) is 5. The van der Waals surface area contributed by atoms with E-state index in [1.807, 2.05) is 30.3 Å². The third kappa shape index (κ3) is 3.17. The van der Waals surface area contributed by atoms with Gasteiger partial charge in [0.25, 0.3) is 15.9 Å². The van der Waals surface area contributed by atoms with Crippen LogP contribution < -0.4 is 4.72 Å². The van der Waals surface area contributed by atoms with Gasteiger partial charge in [0, 0.05) is 24.2 Å². The Morgan fingerprint density at radius 1 is 1.22 bits per heavy atom. The first-order valence-corrected chi connectivity index (χ1v) is 9.08. The van der Waals surface area contributed by atoms with Gasteiger partial charge in [-0.25, -0.2) is 13.1 Å². The molecule has 3 aromatic rings. The lowest BCUT2D eigenvalue weighted by molar-refractivity contribution is 0.0982. The Kier molecular flexibility index (Phi) is 4.01. The van der Waals surface area contributed by atoms with Gasteiger partial charge in [-0.05, 0) is 11.4 Å². The number of rotatable bonds is 4. The van der Waals surface area contributed by atoms with Crippen LogP contribution in [0, 0.1) is 0 Å². The topological polar surface area (TPSA) is 81.1 Å². The summed E-state index contributed by atoms with van der Waals surface area (Å²) in [6, 6.07) is 10.6. The van der Waals surface area contributed by atoms with E-state index in [4.69, 9.17) is 0 Å². The Morgan fingerprint density at radius 3 is 2.61 bits per heavy atom. The van der Waals surface area contributed by atoms with Gasteiger partial charge in [-0.3, -0.25) is 9.48 Å².